The van der Waals surface area contributed by atoms with Crippen LogP contribution in [0.3, 0.4) is 0 Å². The monoisotopic (exact) mass is 407 g/mol. The first kappa shape index (κ1) is 21.6. The van der Waals surface area contributed by atoms with Gasteiger partial charge in [0.2, 0.25) is 11.8 Å². The first-order valence-electron chi connectivity index (χ1n) is 10.6. The van der Waals surface area contributed by atoms with E-state index in [0.29, 0.717) is 5.56 Å². The lowest BCUT2D eigenvalue weighted by Crippen LogP contribution is -2.43. The van der Waals surface area contributed by atoms with Crippen LogP contribution < -0.4 is 16.0 Å². The molecule has 30 heavy (non-hydrogen) atoms. The molecule has 0 aromatic heterocycles. The SMILES string of the molecule is O=C(CC(NC(=O)c1ccccc1)c1ccccc1)NCC(=O)NC1CCCCC1. The number of benzene rings is 2. The predicted molar refractivity (Wildman–Crippen MR) is 116 cm³/mol. The zero-order valence-electron chi connectivity index (χ0n) is 17.1. The second-order valence-electron chi connectivity index (χ2n) is 7.69. The van der Waals surface area contributed by atoms with Crippen LogP contribution in [-0.4, -0.2) is 30.3 Å². The van der Waals surface area contributed by atoms with Gasteiger partial charge in [0, 0.05) is 11.6 Å². The van der Waals surface area contributed by atoms with Crippen molar-refractivity contribution in [1.82, 2.24) is 16.0 Å². The van der Waals surface area contributed by atoms with Crippen LogP contribution in [0.1, 0.15) is 60.5 Å². The van der Waals surface area contributed by atoms with E-state index in [2.05, 4.69) is 16.0 Å². The third-order valence-corrected chi connectivity index (χ3v) is 5.35. The molecule has 2 aromatic carbocycles. The fourth-order valence-electron chi connectivity index (χ4n) is 3.73. The van der Waals surface area contributed by atoms with Gasteiger partial charge in [-0.25, -0.2) is 0 Å². The molecule has 6 heteroatoms. The summed E-state index contributed by atoms with van der Waals surface area (Å²) in [4.78, 5) is 37.2. The Balaban J connectivity index is 1.55. The van der Waals surface area contributed by atoms with Crippen LogP contribution in [0.4, 0.5) is 0 Å². The number of carbonyl (C=O) groups is 3. The number of hydrogen-bond donors (Lipinski definition) is 3. The molecule has 3 rings (SSSR count). The Morgan fingerprint density at radius 3 is 2.13 bits per heavy atom. The minimum atomic E-state index is -0.486. The molecule has 1 atom stereocenters. The van der Waals surface area contributed by atoms with Gasteiger partial charge in [0.15, 0.2) is 0 Å². The normalized spacial score (nSPS) is 15.1. The molecule has 0 aliphatic heterocycles. The maximum Gasteiger partial charge on any atom is 0.251 e. The van der Waals surface area contributed by atoms with Crippen molar-refractivity contribution in [3.05, 3.63) is 71.8 Å². The summed E-state index contributed by atoms with van der Waals surface area (Å²) in [5.74, 6) is -0.692. The van der Waals surface area contributed by atoms with Crippen molar-refractivity contribution in [3.63, 3.8) is 0 Å². The maximum absolute atomic E-state index is 12.6. The van der Waals surface area contributed by atoms with E-state index in [1.807, 2.05) is 36.4 Å². The van der Waals surface area contributed by atoms with E-state index in [-0.39, 0.29) is 36.7 Å². The summed E-state index contributed by atoms with van der Waals surface area (Å²) in [7, 11) is 0. The molecule has 0 heterocycles. The number of rotatable bonds is 8. The summed E-state index contributed by atoms with van der Waals surface area (Å²) in [6.07, 6.45) is 5.55. The second-order valence-corrected chi connectivity index (χ2v) is 7.69. The molecule has 3 N–H and O–H groups in total. The number of amides is 3. The molecular formula is C24H29N3O3. The van der Waals surface area contributed by atoms with Crippen LogP contribution in [0, 0.1) is 0 Å². The maximum atomic E-state index is 12.6. The van der Waals surface area contributed by atoms with Crippen molar-refractivity contribution in [2.75, 3.05) is 6.54 Å². The quantitative estimate of drug-likeness (QED) is 0.628. The Hall–Kier alpha value is -3.15. The molecule has 3 amide bonds. The predicted octanol–water partition coefficient (Wildman–Crippen LogP) is 3.11. The van der Waals surface area contributed by atoms with Crippen LogP contribution in [0.25, 0.3) is 0 Å². The average Bonchev–Trinajstić information content (AvgIpc) is 2.79. The highest BCUT2D eigenvalue weighted by Gasteiger charge is 2.20. The molecule has 1 aliphatic rings. The molecule has 1 saturated carbocycles. The van der Waals surface area contributed by atoms with E-state index in [4.69, 9.17) is 0 Å². The standard InChI is InChI=1S/C24H29N3O3/c28-22(25-17-23(29)26-20-14-8-3-9-15-20)16-21(18-10-4-1-5-11-18)27-24(30)19-12-6-2-7-13-19/h1-2,4-7,10-13,20-21H,3,8-9,14-17H2,(H,25,28)(H,26,29)(H,27,30). The lowest BCUT2D eigenvalue weighted by atomic mass is 9.95. The number of carbonyl (C=O) groups excluding carboxylic acids is 3. The van der Waals surface area contributed by atoms with Crippen LogP contribution in [0.2, 0.25) is 0 Å². The Morgan fingerprint density at radius 2 is 1.47 bits per heavy atom. The highest BCUT2D eigenvalue weighted by molar-refractivity contribution is 5.94. The fourth-order valence-corrected chi connectivity index (χ4v) is 3.73. The zero-order chi connectivity index (χ0) is 21.2. The lowest BCUT2D eigenvalue weighted by molar-refractivity contribution is -0.126. The van der Waals surface area contributed by atoms with Crippen LogP contribution in [0.5, 0.6) is 0 Å². The van der Waals surface area contributed by atoms with Crippen molar-refractivity contribution in [1.29, 1.82) is 0 Å². The summed E-state index contributed by atoms with van der Waals surface area (Å²) in [5, 5.41) is 8.61. The van der Waals surface area contributed by atoms with Gasteiger partial charge in [-0.3, -0.25) is 14.4 Å². The molecule has 0 radical (unpaired) electrons. The Bertz CT molecular complexity index is 833. The van der Waals surface area contributed by atoms with Crippen molar-refractivity contribution in [2.24, 2.45) is 0 Å². The third-order valence-electron chi connectivity index (χ3n) is 5.35. The Labute approximate surface area is 177 Å². The molecule has 1 unspecified atom stereocenters. The van der Waals surface area contributed by atoms with Crippen LogP contribution in [0.15, 0.2) is 60.7 Å². The van der Waals surface area contributed by atoms with Gasteiger partial charge < -0.3 is 16.0 Å². The van der Waals surface area contributed by atoms with Gasteiger partial charge in [-0.15, -0.1) is 0 Å². The largest absolute Gasteiger partial charge is 0.352 e. The molecule has 1 aliphatic carbocycles. The van der Waals surface area contributed by atoms with Crippen molar-refractivity contribution < 1.29 is 14.4 Å². The lowest BCUT2D eigenvalue weighted by Gasteiger charge is -2.23. The molecular weight excluding hydrogens is 378 g/mol. The molecule has 0 saturated heterocycles. The molecule has 0 bridgehead atoms. The second kappa shape index (κ2) is 11.1. The van der Waals surface area contributed by atoms with E-state index in [9.17, 15) is 14.4 Å². The molecule has 158 valence electrons. The van der Waals surface area contributed by atoms with E-state index in [0.717, 1.165) is 31.2 Å². The van der Waals surface area contributed by atoms with Gasteiger partial charge >= 0.3 is 0 Å². The highest BCUT2D eigenvalue weighted by Crippen LogP contribution is 2.18. The number of nitrogens with one attached hydrogen (secondary N) is 3. The smallest absolute Gasteiger partial charge is 0.251 e. The van der Waals surface area contributed by atoms with E-state index in [1.165, 1.54) is 6.42 Å². The summed E-state index contributed by atoms with van der Waals surface area (Å²) in [6.45, 7) is -0.0521. The Kier molecular flexibility index (Phi) is 8.01. The highest BCUT2D eigenvalue weighted by atomic mass is 16.2. The summed E-state index contributed by atoms with van der Waals surface area (Å²) < 4.78 is 0. The van der Waals surface area contributed by atoms with Gasteiger partial charge in [0.25, 0.3) is 5.91 Å². The minimum Gasteiger partial charge on any atom is -0.352 e. The first-order chi connectivity index (χ1) is 14.6. The van der Waals surface area contributed by atoms with Crippen LogP contribution >= 0.6 is 0 Å². The van der Waals surface area contributed by atoms with Crippen molar-refractivity contribution in [2.45, 2.75) is 50.6 Å². The van der Waals surface area contributed by atoms with Gasteiger partial charge in [-0.05, 0) is 30.5 Å². The van der Waals surface area contributed by atoms with Gasteiger partial charge in [0.05, 0.1) is 19.0 Å². The minimum absolute atomic E-state index is 0.0521. The number of hydrogen-bond acceptors (Lipinski definition) is 3. The van der Waals surface area contributed by atoms with Gasteiger partial charge in [-0.1, -0.05) is 67.8 Å². The molecule has 2 aromatic rings. The van der Waals surface area contributed by atoms with Gasteiger partial charge in [0.1, 0.15) is 0 Å². The molecule has 0 spiro atoms. The summed E-state index contributed by atoms with van der Waals surface area (Å²) in [6, 6.07) is 18.0. The summed E-state index contributed by atoms with van der Waals surface area (Å²) >= 11 is 0. The third kappa shape index (κ3) is 6.72. The molecule has 1 fully saturated rings. The van der Waals surface area contributed by atoms with E-state index in [1.54, 1.807) is 24.3 Å². The average molecular weight is 408 g/mol. The molecule has 6 nitrogen and oxygen atoms in total. The van der Waals surface area contributed by atoms with Crippen molar-refractivity contribution in [3.8, 4) is 0 Å². The Morgan fingerprint density at radius 1 is 0.833 bits per heavy atom. The zero-order valence-corrected chi connectivity index (χ0v) is 17.1. The van der Waals surface area contributed by atoms with Crippen LogP contribution in [-0.2, 0) is 9.59 Å². The van der Waals surface area contributed by atoms with E-state index >= 15 is 0 Å². The van der Waals surface area contributed by atoms with E-state index < -0.39 is 6.04 Å². The summed E-state index contributed by atoms with van der Waals surface area (Å²) in [5.41, 5.74) is 1.37. The topological polar surface area (TPSA) is 87.3 Å². The first-order valence-corrected chi connectivity index (χ1v) is 10.6. The van der Waals surface area contributed by atoms with Gasteiger partial charge in [-0.2, -0.15) is 0 Å². The van der Waals surface area contributed by atoms with Crippen molar-refractivity contribution >= 4 is 17.7 Å². The fraction of sp³-hybridized carbons (Fsp3) is 0.375.